The molecule has 0 saturated carbocycles. The Hall–Kier alpha value is -1.54. The molecule has 0 saturated heterocycles. The highest BCUT2D eigenvalue weighted by molar-refractivity contribution is 5.67. The van der Waals surface area contributed by atoms with Crippen LogP contribution in [0.15, 0.2) is 0 Å². The highest BCUT2D eigenvalue weighted by Crippen LogP contribution is 2.14. The molecule has 0 aromatic heterocycles. The van der Waals surface area contributed by atoms with E-state index in [0.717, 1.165) is 25.7 Å². The van der Waals surface area contributed by atoms with E-state index in [1.165, 1.54) is 52.4 Å². The zero-order chi connectivity index (χ0) is 19.6. The highest BCUT2D eigenvalue weighted by atomic mass is 16.6. The van der Waals surface area contributed by atoms with Gasteiger partial charge in [-0.25, -0.2) is 0 Å². The average molecular weight is 369 g/mol. The largest absolute Gasteiger partial charge is 0.462 e. The smallest absolute Gasteiger partial charge is 0.303 e. The lowest BCUT2D eigenvalue weighted by Gasteiger charge is -2.20. The maximum atomic E-state index is 11.1. The summed E-state index contributed by atoms with van der Waals surface area (Å²) in [6.45, 7) is 2.61. The summed E-state index contributed by atoms with van der Waals surface area (Å²) in [5, 5.41) is 10.1. The van der Waals surface area contributed by atoms with E-state index in [4.69, 9.17) is 15.9 Å². The van der Waals surface area contributed by atoms with Gasteiger partial charge in [0.2, 0.25) is 0 Å². The van der Waals surface area contributed by atoms with Crippen LogP contribution in [0.25, 0.3) is 0 Å². The maximum Gasteiger partial charge on any atom is 0.303 e. The van der Waals surface area contributed by atoms with Crippen LogP contribution in [-0.2, 0) is 19.1 Å². The Morgan fingerprint density at radius 2 is 1.46 bits per heavy atom. The molecule has 0 rings (SSSR count). The predicted octanol–water partition coefficient (Wildman–Crippen LogP) is 4.16. The fraction of sp³-hybridized carbons (Fsp3) is 0.810. The summed E-state index contributed by atoms with van der Waals surface area (Å²) in [6.07, 6.45) is 16.6. The van der Waals surface area contributed by atoms with Crippen LogP contribution in [-0.4, -0.2) is 35.9 Å². The second-order valence-corrected chi connectivity index (χ2v) is 6.85. The second kappa shape index (κ2) is 16.9. The van der Waals surface area contributed by atoms with Gasteiger partial charge >= 0.3 is 11.9 Å². The van der Waals surface area contributed by atoms with Crippen molar-refractivity contribution in [3.63, 3.8) is 0 Å². The summed E-state index contributed by atoms with van der Waals surface area (Å²) >= 11 is 0. The van der Waals surface area contributed by atoms with Crippen LogP contribution < -0.4 is 0 Å². The zero-order valence-corrected chi connectivity index (χ0v) is 16.5. The number of aliphatic hydroxyl groups is 1. The molecule has 0 unspecified atom stereocenters. The quantitative estimate of drug-likeness (QED) is 0.252. The van der Waals surface area contributed by atoms with Crippen molar-refractivity contribution in [3.8, 4) is 12.3 Å². The standard InChI is InChI=1S/C21H36O5/c1-4-5-6-7-8-9-10-11-12-13-14-15-20(24)16-21(26-19(3)23)17-25-18(2)22/h1,20-21,24H,5-17H2,2-3H3/t20-,21-/m1/s1. The Labute approximate surface area is 158 Å². The lowest BCUT2D eigenvalue weighted by molar-refractivity contribution is -0.158. The number of aliphatic hydroxyl groups excluding tert-OH is 1. The van der Waals surface area contributed by atoms with E-state index in [0.29, 0.717) is 12.8 Å². The number of carbonyl (C=O) groups excluding carboxylic acids is 2. The first kappa shape index (κ1) is 24.5. The summed E-state index contributed by atoms with van der Waals surface area (Å²) in [6, 6.07) is 0. The lowest BCUT2D eigenvalue weighted by Crippen LogP contribution is -2.28. The fourth-order valence-electron chi connectivity index (χ4n) is 2.86. The summed E-state index contributed by atoms with van der Waals surface area (Å²) in [5.41, 5.74) is 0. The monoisotopic (exact) mass is 368 g/mol. The Bertz CT molecular complexity index is 413. The lowest BCUT2D eigenvalue weighted by atomic mass is 10.0. The molecule has 0 amide bonds. The number of hydrogen-bond acceptors (Lipinski definition) is 5. The van der Waals surface area contributed by atoms with Crippen LogP contribution in [0.1, 0.15) is 90.9 Å². The molecule has 0 radical (unpaired) electrons. The van der Waals surface area contributed by atoms with E-state index in [2.05, 4.69) is 5.92 Å². The van der Waals surface area contributed by atoms with Crippen LogP contribution in [0.5, 0.6) is 0 Å². The Morgan fingerprint density at radius 1 is 0.923 bits per heavy atom. The van der Waals surface area contributed by atoms with Crippen LogP contribution in [0.3, 0.4) is 0 Å². The third-order valence-electron chi connectivity index (χ3n) is 4.20. The van der Waals surface area contributed by atoms with Gasteiger partial charge in [0, 0.05) is 26.7 Å². The van der Waals surface area contributed by atoms with Crippen LogP contribution in [0, 0.1) is 12.3 Å². The highest BCUT2D eigenvalue weighted by Gasteiger charge is 2.18. The Balaban J connectivity index is 3.66. The van der Waals surface area contributed by atoms with Crippen molar-refractivity contribution in [2.24, 2.45) is 0 Å². The van der Waals surface area contributed by atoms with Crippen molar-refractivity contribution in [1.29, 1.82) is 0 Å². The number of rotatable bonds is 16. The number of carbonyl (C=O) groups is 2. The van der Waals surface area contributed by atoms with Crippen LogP contribution in [0.2, 0.25) is 0 Å². The SMILES string of the molecule is C#CCCCCCCCCCCC[C@@H](O)C[C@H](COC(C)=O)OC(C)=O. The van der Waals surface area contributed by atoms with Crippen molar-refractivity contribution in [3.05, 3.63) is 0 Å². The molecule has 0 heterocycles. The second-order valence-electron chi connectivity index (χ2n) is 6.85. The number of esters is 2. The molecule has 0 aromatic rings. The first-order valence-corrected chi connectivity index (χ1v) is 9.87. The minimum Gasteiger partial charge on any atom is -0.462 e. The van der Waals surface area contributed by atoms with E-state index >= 15 is 0 Å². The Kier molecular flexibility index (Phi) is 15.9. The third kappa shape index (κ3) is 17.3. The molecular formula is C21H36O5. The minimum atomic E-state index is -0.583. The number of ether oxygens (including phenoxy) is 2. The molecule has 0 spiro atoms. The third-order valence-corrected chi connectivity index (χ3v) is 4.20. The van der Waals surface area contributed by atoms with E-state index in [1.807, 2.05) is 0 Å². The van der Waals surface area contributed by atoms with Gasteiger partial charge in [-0.05, 0) is 12.8 Å². The molecule has 0 aliphatic rings. The van der Waals surface area contributed by atoms with Crippen molar-refractivity contribution in [2.45, 2.75) is 103 Å². The van der Waals surface area contributed by atoms with E-state index < -0.39 is 24.1 Å². The fourth-order valence-corrected chi connectivity index (χ4v) is 2.86. The van der Waals surface area contributed by atoms with Gasteiger partial charge in [-0.2, -0.15) is 0 Å². The first-order chi connectivity index (χ1) is 12.5. The van der Waals surface area contributed by atoms with E-state index in [1.54, 1.807) is 0 Å². The number of hydrogen-bond donors (Lipinski definition) is 1. The molecule has 0 aromatic carbocycles. The van der Waals surface area contributed by atoms with Gasteiger partial charge in [-0.1, -0.05) is 51.4 Å². The summed E-state index contributed by atoms with van der Waals surface area (Å²) in [4.78, 5) is 22.0. The molecule has 0 bridgehead atoms. The molecule has 5 nitrogen and oxygen atoms in total. The first-order valence-electron chi connectivity index (χ1n) is 9.87. The van der Waals surface area contributed by atoms with Gasteiger partial charge in [-0.15, -0.1) is 12.3 Å². The minimum absolute atomic E-state index is 0.00663. The molecular weight excluding hydrogens is 332 g/mol. The Morgan fingerprint density at radius 3 is 1.96 bits per heavy atom. The van der Waals surface area contributed by atoms with Crippen molar-refractivity contribution >= 4 is 11.9 Å². The van der Waals surface area contributed by atoms with Gasteiger partial charge in [0.1, 0.15) is 12.7 Å². The number of unbranched alkanes of at least 4 members (excludes halogenated alkanes) is 9. The van der Waals surface area contributed by atoms with Crippen molar-refractivity contribution < 1.29 is 24.2 Å². The van der Waals surface area contributed by atoms with E-state index in [-0.39, 0.29) is 6.61 Å². The molecule has 5 heteroatoms. The molecule has 0 aliphatic heterocycles. The van der Waals surface area contributed by atoms with Gasteiger partial charge in [-0.3, -0.25) is 9.59 Å². The van der Waals surface area contributed by atoms with Crippen LogP contribution in [0.4, 0.5) is 0 Å². The molecule has 1 N–H and O–H groups in total. The predicted molar refractivity (Wildman–Crippen MR) is 102 cm³/mol. The summed E-state index contributed by atoms with van der Waals surface area (Å²) in [5.74, 6) is 1.81. The van der Waals surface area contributed by atoms with Crippen molar-refractivity contribution in [1.82, 2.24) is 0 Å². The number of terminal acetylenes is 1. The molecule has 150 valence electrons. The van der Waals surface area contributed by atoms with Gasteiger partial charge in [0.05, 0.1) is 6.10 Å². The molecule has 2 atom stereocenters. The summed E-state index contributed by atoms with van der Waals surface area (Å²) in [7, 11) is 0. The molecule has 26 heavy (non-hydrogen) atoms. The van der Waals surface area contributed by atoms with Gasteiger partial charge in [0.25, 0.3) is 0 Å². The topological polar surface area (TPSA) is 72.8 Å². The summed E-state index contributed by atoms with van der Waals surface area (Å²) < 4.78 is 9.97. The average Bonchev–Trinajstić information content (AvgIpc) is 2.57. The molecule has 0 fully saturated rings. The zero-order valence-electron chi connectivity index (χ0n) is 16.5. The van der Waals surface area contributed by atoms with E-state index in [9.17, 15) is 14.7 Å². The van der Waals surface area contributed by atoms with Crippen LogP contribution >= 0.6 is 0 Å². The molecule has 0 aliphatic carbocycles. The normalized spacial score (nSPS) is 12.8. The van der Waals surface area contributed by atoms with Crippen molar-refractivity contribution in [2.75, 3.05) is 6.61 Å². The van der Waals surface area contributed by atoms with Gasteiger partial charge in [0.15, 0.2) is 0 Å². The van der Waals surface area contributed by atoms with Gasteiger partial charge < -0.3 is 14.6 Å². The maximum absolute atomic E-state index is 11.1.